The number of furan rings is 1. The van der Waals surface area contributed by atoms with Crippen molar-refractivity contribution in [1.29, 1.82) is 5.26 Å². The van der Waals surface area contributed by atoms with E-state index in [-0.39, 0.29) is 24.0 Å². The molecular weight excluding hydrogens is 402 g/mol. The van der Waals surface area contributed by atoms with Gasteiger partial charge in [-0.15, -0.1) is 11.3 Å². The number of hydrogen-bond acceptors (Lipinski definition) is 7. The van der Waals surface area contributed by atoms with Crippen LogP contribution in [0, 0.1) is 11.3 Å². The minimum atomic E-state index is -0.374. The molecule has 0 bridgehead atoms. The van der Waals surface area contributed by atoms with Crippen LogP contribution < -0.4 is 10.2 Å². The molecule has 1 aliphatic heterocycles. The molecule has 3 aromatic rings. The highest BCUT2D eigenvalue weighted by Crippen LogP contribution is 2.22. The fourth-order valence-electron chi connectivity index (χ4n) is 3.32. The molecule has 0 unspecified atom stereocenters. The Bertz CT molecular complexity index is 1080. The number of rotatable bonds is 5. The zero-order chi connectivity index (χ0) is 20.9. The molecule has 0 radical (unpaired) electrons. The van der Waals surface area contributed by atoms with Gasteiger partial charge in [-0.3, -0.25) is 14.9 Å². The molecule has 0 atom stereocenters. The summed E-state index contributed by atoms with van der Waals surface area (Å²) in [6, 6.07) is 12.9. The number of thiazole rings is 1. The standard InChI is InChI=1S/C21H19N5O3S/c22-13-15-4-1-2-5-17(15)25-7-9-26(10-8-25)19(27)12-16-14-30-21(23-16)24-20(28)18-6-3-11-29-18/h1-6,11,14H,7-10,12H2,(H,23,24,28). The average Bonchev–Trinajstić information content (AvgIpc) is 3.46. The van der Waals surface area contributed by atoms with Gasteiger partial charge >= 0.3 is 0 Å². The van der Waals surface area contributed by atoms with Gasteiger partial charge in [0, 0.05) is 31.6 Å². The lowest BCUT2D eigenvalue weighted by Gasteiger charge is -2.36. The van der Waals surface area contributed by atoms with Crippen LogP contribution in [0.2, 0.25) is 0 Å². The van der Waals surface area contributed by atoms with E-state index in [9.17, 15) is 14.9 Å². The second kappa shape index (κ2) is 8.80. The molecule has 30 heavy (non-hydrogen) atoms. The van der Waals surface area contributed by atoms with E-state index in [0.717, 1.165) is 5.69 Å². The topological polar surface area (TPSA) is 102 Å². The first kappa shape index (κ1) is 19.7. The summed E-state index contributed by atoms with van der Waals surface area (Å²) >= 11 is 1.27. The number of benzene rings is 1. The van der Waals surface area contributed by atoms with E-state index in [1.165, 1.54) is 17.6 Å². The Morgan fingerprint density at radius 2 is 1.97 bits per heavy atom. The Morgan fingerprint density at radius 1 is 1.17 bits per heavy atom. The zero-order valence-electron chi connectivity index (χ0n) is 16.1. The van der Waals surface area contributed by atoms with Crippen LogP contribution in [0.4, 0.5) is 10.8 Å². The highest BCUT2D eigenvalue weighted by molar-refractivity contribution is 7.14. The molecule has 0 aliphatic carbocycles. The monoisotopic (exact) mass is 421 g/mol. The van der Waals surface area contributed by atoms with Crippen molar-refractivity contribution in [3.8, 4) is 6.07 Å². The van der Waals surface area contributed by atoms with Gasteiger partial charge in [0.05, 0.1) is 29.6 Å². The van der Waals surface area contributed by atoms with Crippen molar-refractivity contribution >= 4 is 34.0 Å². The number of amides is 2. The van der Waals surface area contributed by atoms with Crippen molar-refractivity contribution in [2.24, 2.45) is 0 Å². The molecule has 152 valence electrons. The number of aromatic nitrogens is 1. The summed E-state index contributed by atoms with van der Waals surface area (Å²) in [5.74, 6) is -0.169. The lowest BCUT2D eigenvalue weighted by atomic mass is 10.1. The molecule has 2 amide bonds. The Hall–Kier alpha value is -3.64. The number of carbonyl (C=O) groups is 2. The molecule has 4 rings (SSSR count). The largest absolute Gasteiger partial charge is 0.459 e. The first-order valence-corrected chi connectivity index (χ1v) is 10.3. The number of nitrogens with zero attached hydrogens (tertiary/aromatic N) is 4. The summed E-state index contributed by atoms with van der Waals surface area (Å²) in [4.78, 5) is 33.0. The molecule has 8 nitrogen and oxygen atoms in total. The molecule has 0 spiro atoms. The summed E-state index contributed by atoms with van der Waals surface area (Å²) in [7, 11) is 0. The van der Waals surface area contributed by atoms with Crippen LogP contribution in [0.25, 0.3) is 0 Å². The van der Waals surface area contributed by atoms with Gasteiger partial charge in [-0.2, -0.15) is 5.26 Å². The molecule has 3 heterocycles. The van der Waals surface area contributed by atoms with Crippen molar-refractivity contribution < 1.29 is 14.0 Å². The van der Waals surface area contributed by atoms with E-state index in [1.807, 2.05) is 23.1 Å². The maximum Gasteiger partial charge on any atom is 0.293 e. The summed E-state index contributed by atoms with van der Waals surface area (Å²) in [6.45, 7) is 2.52. The maximum atomic E-state index is 12.7. The highest BCUT2D eigenvalue weighted by Gasteiger charge is 2.23. The van der Waals surface area contributed by atoms with Gasteiger partial charge in [-0.25, -0.2) is 4.98 Å². The van der Waals surface area contributed by atoms with Crippen LogP contribution in [-0.2, 0) is 11.2 Å². The second-order valence-electron chi connectivity index (χ2n) is 6.75. The lowest BCUT2D eigenvalue weighted by molar-refractivity contribution is -0.130. The van der Waals surface area contributed by atoms with Crippen molar-refractivity contribution in [3.63, 3.8) is 0 Å². The van der Waals surface area contributed by atoms with Crippen LogP contribution in [0.1, 0.15) is 21.8 Å². The van der Waals surface area contributed by atoms with Crippen molar-refractivity contribution in [2.45, 2.75) is 6.42 Å². The molecule has 1 aliphatic rings. The SMILES string of the molecule is N#Cc1ccccc1N1CCN(C(=O)Cc2csc(NC(=O)c3ccco3)n2)CC1. The van der Waals surface area contributed by atoms with Gasteiger partial charge in [-0.05, 0) is 24.3 Å². The first-order chi connectivity index (χ1) is 14.6. The number of piperazine rings is 1. The Labute approximate surface area is 177 Å². The highest BCUT2D eigenvalue weighted by atomic mass is 32.1. The zero-order valence-corrected chi connectivity index (χ0v) is 16.9. The smallest absolute Gasteiger partial charge is 0.293 e. The summed E-state index contributed by atoms with van der Waals surface area (Å²) in [6.07, 6.45) is 1.61. The summed E-state index contributed by atoms with van der Waals surface area (Å²) < 4.78 is 5.06. The van der Waals surface area contributed by atoms with Gasteiger partial charge in [-0.1, -0.05) is 12.1 Å². The predicted molar refractivity (Wildman–Crippen MR) is 112 cm³/mol. The van der Waals surface area contributed by atoms with E-state index < -0.39 is 0 Å². The number of para-hydroxylation sites is 1. The Morgan fingerprint density at radius 3 is 2.70 bits per heavy atom. The van der Waals surface area contributed by atoms with Crippen molar-refractivity contribution in [1.82, 2.24) is 9.88 Å². The third-order valence-corrected chi connectivity index (χ3v) is 5.65. The average molecular weight is 421 g/mol. The van der Waals surface area contributed by atoms with Crippen LogP contribution >= 0.6 is 11.3 Å². The van der Waals surface area contributed by atoms with Crippen molar-refractivity contribution in [2.75, 3.05) is 36.4 Å². The number of anilines is 2. The van der Waals surface area contributed by atoms with Crippen LogP contribution in [-0.4, -0.2) is 47.9 Å². The van der Waals surface area contributed by atoms with E-state index in [1.54, 1.807) is 23.6 Å². The number of hydrogen-bond donors (Lipinski definition) is 1. The van der Waals surface area contributed by atoms with Crippen LogP contribution in [0.3, 0.4) is 0 Å². The van der Waals surface area contributed by atoms with Gasteiger partial charge in [0.2, 0.25) is 5.91 Å². The van der Waals surface area contributed by atoms with Crippen LogP contribution in [0.5, 0.6) is 0 Å². The Kier molecular flexibility index (Phi) is 5.77. The first-order valence-electron chi connectivity index (χ1n) is 9.45. The van der Waals surface area contributed by atoms with Crippen LogP contribution in [0.15, 0.2) is 52.5 Å². The third-order valence-electron chi connectivity index (χ3n) is 4.85. The molecule has 1 aromatic carbocycles. The van der Waals surface area contributed by atoms with Gasteiger partial charge < -0.3 is 14.2 Å². The number of nitrogens with one attached hydrogen (secondary N) is 1. The molecule has 1 fully saturated rings. The summed E-state index contributed by atoms with van der Waals surface area (Å²) in [5, 5.41) is 14.2. The maximum absolute atomic E-state index is 12.7. The molecule has 1 saturated heterocycles. The molecule has 2 aromatic heterocycles. The lowest BCUT2D eigenvalue weighted by Crippen LogP contribution is -2.49. The minimum Gasteiger partial charge on any atom is -0.459 e. The minimum absolute atomic E-state index is 0.00238. The van der Waals surface area contributed by atoms with E-state index in [2.05, 4.69) is 21.3 Å². The Balaban J connectivity index is 1.31. The fourth-order valence-corrected chi connectivity index (χ4v) is 4.02. The summed E-state index contributed by atoms with van der Waals surface area (Å²) in [5.41, 5.74) is 2.17. The molecule has 1 N–H and O–H groups in total. The quantitative estimate of drug-likeness (QED) is 0.680. The van der Waals surface area contributed by atoms with Gasteiger partial charge in [0.1, 0.15) is 6.07 Å². The van der Waals surface area contributed by atoms with Gasteiger partial charge in [0.25, 0.3) is 5.91 Å². The fraction of sp³-hybridized carbons (Fsp3) is 0.238. The third kappa shape index (κ3) is 4.34. The van der Waals surface area contributed by atoms with Crippen molar-refractivity contribution in [3.05, 3.63) is 65.1 Å². The molecule has 9 heteroatoms. The second-order valence-corrected chi connectivity index (χ2v) is 7.61. The molecule has 0 saturated carbocycles. The molecular formula is C21H19N5O3S. The normalized spacial score (nSPS) is 13.7. The van der Waals surface area contributed by atoms with E-state index in [4.69, 9.17) is 4.42 Å². The number of carbonyl (C=O) groups excluding carboxylic acids is 2. The van der Waals surface area contributed by atoms with E-state index >= 15 is 0 Å². The number of nitriles is 1. The van der Waals surface area contributed by atoms with E-state index in [0.29, 0.717) is 42.6 Å². The van der Waals surface area contributed by atoms with Gasteiger partial charge in [0.15, 0.2) is 10.9 Å². The predicted octanol–water partition coefficient (Wildman–Crippen LogP) is 2.75.